The van der Waals surface area contributed by atoms with E-state index in [1.165, 1.54) is 89.9 Å². The number of rotatable bonds is 32. The van der Waals surface area contributed by atoms with Crippen LogP contribution >= 0.6 is 0 Å². The van der Waals surface area contributed by atoms with E-state index in [1.54, 1.807) is 0 Å². The van der Waals surface area contributed by atoms with Crippen LogP contribution in [0.5, 0.6) is 0 Å². The fraction of sp³-hybridized carbons (Fsp3) is 0.853. The van der Waals surface area contributed by atoms with Crippen molar-refractivity contribution >= 4 is 17.9 Å². The molecule has 0 radical (unpaired) electrons. The van der Waals surface area contributed by atoms with Crippen LogP contribution in [0.1, 0.15) is 161 Å². The zero-order chi connectivity index (χ0) is 30.4. The van der Waals surface area contributed by atoms with Crippen LogP contribution in [0.4, 0.5) is 0 Å². The number of carboxylic acids is 3. The van der Waals surface area contributed by atoms with Crippen LogP contribution in [0.25, 0.3) is 0 Å². The normalized spacial score (nSPS) is 11.8. The maximum Gasteiger partial charge on any atom is 0.303 e. The van der Waals surface area contributed by atoms with Gasteiger partial charge in [0.15, 0.2) is 0 Å². The number of carbonyl (C=O) groups is 3. The van der Waals surface area contributed by atoms with Crippen molar-refractivity contribution in [2.24, 2.45) is 0 Å². The first-order chi connectivity index (χ1) is 19.8. The molecule has 2 N–H and O–H groups in total. The summed E-state index contributed by atoms with van der Waals surface area (Å²) in [7, 11) is 0. The molecule has 0 aliphatic carbocycles. The molecule has 0 aromatic carbocycles. The molecule has 0 atom stereocenters. The highest BCUT2D eigenvalue weighted by molar-refractivity contribution is 5.66. The van der Waals surface area contributed by atoms with E-state index in [1.807, 2.05) is 0 Å². The summed E-state index contributed by atoms with van der Waals surface area (Å²) in [6, 6.07) is 0. The van der Waals surface area contributed by atoms with Crippen molar-refractivity contribution in [2.75, 3.05) is 26.2 Å². The van der Waals surface area contributed by atoms with E-state index < -0.39 is 17.9 Å². The molecular weight excluding hydrogens is 518 g/mol. The van der Waals surface area contributed by atoms with Crippen molar-refractivity contribution in [3.8, 4) is 0 Å². The standard InChI is InChI=1S/C34H63NO6/c1-2-3-4-5-6-7-8-9-10-11-12-13-14-15-16-17-21-28-35(29-22-18-25-32(36)37,30-23-19-26-33(38)39)31-24-20-27-34(40)41/h5-6H,2-4,7-31H2,1H3,(H2-,36,37,38,39,40,41)/b6-5+. The lowest BCUT2D eigenvalue weighted by atomic mass is 10.0. The zero-order valence-corrected chi connectivity index (χ0v) is 26.4. The second kappa shape index (κ2) is 28.2. The molecule has 0 heterocycles. The predicted octanol–water partition coefficient (Wildman–Crippen LogP) is 7.66. The summed E-state index contributed by atoms with van der Waals surface area (Å²) >= 11 is 0. The van der Waals surface area contributed by atoms with E-state index in [2.05, 4.69) is 19.1 Å². The van der Waals surface area contributed by atoms with E-state index in [0.717, 1.165) is 56.3 Å². The summed E-state index contributed by atoms with van der Waals surface area (Å²) in [5.74, 6) is -2.56. The molecule has 0 aliphatic heterocycles. The van der Waals surface area contributed by atoms with Gasteiger partial charge in [-0.25, -0.2) is 0 Å². The fourth-order valence-corrected chi connectivity index (χ4v) is 5.69. The molecule has 0 aromatic rings. The summed E-state index contributed by atoms with van der Waals surface area (Å²) in [6.45, 7) is 5.85. The first-order valence-corrected chi connectivity index (χ1v) is 16.9. The zero-order valence-electron chi connectivity index (χ0n) is 26.4. The predicted molar refractivity (Wildman–Crippen MR) is 166 cm³/mol. The molecule has 0 aliphatic rings. The van der Waals surface area contributed by atoms with Gasteiger partial charge in [0.25, 0.3) is 0 Å². The van der Waals surface area contributed by atoms with Crippen molar-refractivity contribution in [1.29, 1.82) is 0 Å². The van der Waals surface area contributed by atoms with Gasteiger partial charge in [-0.2, -0.15) is 0 Å². The average Bonchev–Trinajstić information content (AvgIpc) is 2.93. The van der Waals surface area contributed by atoms with Crippen LogP contribution in [0.15, 0.2) is 12.2 Å². The Hall–Kier alpha value is -1.89. The molecule has 41 heavy (non-hydrogen) atoms. The van der Waals surface area contributed by atoms with Crippen LogP contribution in [-0.2, 0) is 14.4 Å². The van der Waals surface area contributed by atoms with Crippen molar-refractivity contribution in [1.82, 2.24) is 0 Å². The second-order valence-electron chi connectivity index (χ2n) is 12.1. The molecule has 0 amide bonds. The van der Waals surface area contributed by atoms with Gasteiger partial charge in [-0.3, -0.25) is 9.59 Å². The summed E-state index contributed by atoms with van der Waals surface area (Å²) < 4.78 is 0.848. The number of carbonyl (C=O) groups excluding carboxylic acids is 1. The first kappa shape index (κ1) is 39.1. The Morgan fingerprint density at radius 1 is 0.512 bits per heavy atom. The molecule has 7 heteroatoms. The number of nitrogens with zero attached hydrogens (tertiary/aromatic N) is 1. The number of allylic oxidation sites excluding steroid dienone is 2. The lowest BCUT2D eigenvalue weighted by Gasteiger charge is -2.39. The molecule has 0 saturated carbocycles. The van der Waals surface area contributed by atoms with Crippen molar-refractivity contribution in [3.05, 3.63) is 12.2 Å². The molecule has 0 rings (SSSR count). The highest BCUT2D eigenvalue weighted by Crippen LogP contribution is 2.20. The smallest absolute Gasteiger partial charge is 0.303 e. The molecule has 0 unspecified atom stereocenters. The number of quaternary nitrogens is 1. The van der Waals surface area contributed by atoms with Crippen LogP contribution in [-0.4, -0.2) is 58.8 Å². The van der Waals surface area contributed by atoms with Gasteiger partial charge in [-0.05, 0) is 77.0 Å². The summed E-state index contributed by atoms with van der Waals surface area (Å²) in [5, 5.41) is 29.0. The Morgan fingerprint density at radius 3 is 1.24 bits per heavy atom. The van der Waals surface area contributed by atoms with Crippen molar-refractivity contribution < 1.29 is 34.2 Å². The monoisotopic (exact) mass is 581 g/mol. The third-order valence-corrected chi connectivity index (χ3v) is 8.20. The number of unbranched alkanes of at least 4 members (excludes halogenated alkanes) is 16. The Kier molecular flexibility index (Phi) is 26.9. The maximum absolute atomic E-state index is 11.0. The Bertz CT molecular complexity index is 623. The minimum atomic E-state index is -1.02. The summed E-state index contributed by atoms with van der Waals surface area (Å²) in [6.07, 6.45) is 28.5. The van der Waals surface area contributed by atoms with Crippen molar-refractivity contribution in [2.45, 2.75) is 161 Å². The maximum atomic E-state index is 11.0. The van der Waals surface area contributed by atoms with E-state index in [0.29, 0.717) is 19.3 Å². The Labute approximate surface area is 251 Å². The van der Waals surface area contributed by atoms with Gasteiger partial charge in [0.2, 0.25) is 0 Å². The Balaban J connectivity index is 4.38. The fourth-order valence-electron chi connectivity index (χ4n) is 5.69. The minimum absolute atomic E-state index is 0.0640. The quantitative estimate of drug-likeness (QED) is 0.0479. The lowest BCUT2D eigenvalue weighted by molar-refractivity contribution is -0.929. The van der Waals surface area contributed by atoms with Crippen LogP contribution in [0, 0.1) is 0 Å². The van der Waals surface area contributed by atoms with Crippen LogP contribution in [0.3, 0.4) is 0 Å². The highest BCUT2D eigenvalue weighted by Gasteiger charge is 2.26. The molecule has 7 nitrogen and oxygen atoms in total. The van der Waals surface area contributed by atoms with Gasteiger partial charge in [-0.1, -0.05) is 83.3 Å². The van der Waals surface area contributed by atoms with E-state index in [4.69, 9.17) is 10.2 Å². The highest BCUT2D eigenvalue weighted by atomic mass is 16.4. The second-order valence-corrected chi connectivity index (χ2v) is 12.1. The molecular formula is C34H63NO6. The minimum Gasteiger partial charge on any atom is -0.550 e. The molecule has 0 spiro atoms. The third-order valence-electron chi connectivity index (χ3n) is 8.20. The van der Waals surface area contributed by atoms with Gasteiger partial charge in [0.05, 0.1) is 26.2 Å². The van der Waals surface area contributed by atoms with Crippen molar-refractivity contribution in [3.63, 3.8) is 0 Å². The molecule has 240 valence electrons. The lowest BCUT2D eigenvalue weighted by Crippen LogP contribution is -2.51. The van der Waals surface area contributed by atoms with Gasteiger partial charge in [-0.15, -0.1) is 0 Å². The van der Waals surface area contributed by atoms with Crippen LogP contribution < -0.4 is 5.11 Å². The SMILES string of the molecule is CCCC/C=C/CCCCCCCCCCCCC[N+](CCCCC(=O)[O-])(CCCCC(=O)O)CCCCC(=O)O. The van der Waals surface area contributed by atoms with Gasteiger partial charge in [0.1, 0.15) is 0 Å². The molecule has 0 bridgehead atoms. The first-order valence-electron chi connectivity index (χ1n) is 16.9. The molecule has 0 saturated heterocycles. The number of aliphatic carboxylic acids is 3. The number of carboxylic acid groups (broad SMARTS) is 3. The average molecular weight is 582 g/mol. The van der Waals surface area contributed by atoms with Gasteiger partial charge in [0, 0.05) is 18.8 Å². The topological polar surface area (TPSA) is 115 Å². The van der Waals surface area contributed by atoms with E-state index >= 15 is 0 Å². The number of hydrogen-bond donors (Lipinski definition) is 2. The van der Waals surface area contributed by atoms with Crippen LogP contribution in [0.2, 0.25) is 0 Å². The van der Waals surface area contributed by atoms with E-state index in [9.17, 15) is 19.5 Å². The Morgan fingerprint density at radius 2 is 0.854 bits per heavy atom. The molecule has 0 aromatic heterocycles. The van der Waals surface area contributed by atoms with Gasteiger partial charge >= 0.3 is 11.9 Å². The van der Waals surface area contributed by atoms with Gasteiger partial charge < -0.3 is 24.6 Å². The van der Waals surface area contributed by atoms with E-state index in [-0.39, 0.29) is 19.3 Å². The largest absolute Gasteiger partial charge is 0.550 e. The third kappa shape index (κ3) is 28.0. The summed E-state index contributed by atoms with van der Waals surface area (Å²) in [5.41, 5.74) is 0. The number of hydrogen-bond acceptors (Lipinski definition) is 4. The summed E-state index contributed by atoms with van der Waals surface area (Å²) in [4.78, 5) is 32.9. The molecule has 0 fully saturated rings.